The molecule has 0 radical (unpaired) electrons. The molecule has 58 heavy (non-hydrogen) atoms. The van der Waals surface area contributed by atoms with Crippen LogP contribution in [0, 0.1) is 0 Å². The maximum Gasteiger partial charge on any atom is 0.204 e. The number of hydrogen-bond acceptors (Lipinski definition) is 1. The Hall–Kier alpha value is -5.64. The van der Waals surface area contributed by atoms with Crippen LogP contribution in [0.25, 0.3) is 36.5 Å². The first-order valence-electron chi connectivity index (χ1n) is 21.2. The number of ether oxygens (including phenoxy) is 1. The van der Waals surface area contributed by atoms with E-state index in [1.165, 1.54) is 57.5 Å². The van der Waals surface area contributed by atoms with Crippen LogP contribution in [0.1, 0.15) is 117 Å². The van der Waals surface area contributed by atoms with Crippen molar-refractivity contribution >= 4 is 36.5 Å². The van der Waals surface area contributed by atoms with Crippen molar-refractivity contribution in [2.24, 2.45) is 7.05 Å². The maximum atomic E-state index is 5.70. The van der Waals surface area contributed by atoms with Gasteiger partial charge < -0.3 is 4.74 Å². The van der Waals surface area contributed by atoms with Crippen LogP contribution in [0.15, 0.2) is 158 Å². The molecule has 3 unspecified atom stereocenters. The van der Waals surface area contributed by atoms with Gasteiger partial charge in [-0.05, 0) is 83.5 Å². The van der Waals surface area contributed by atoms with E-state index in [2.05, 4.69) is 234 Å². The van der Waals surface area contributed by atoms with Gasteiger partial charge in [0.05, 0.1) is 6.10 Å². The van der Waals surface area contributed by atoms with Gasteiger partial charge in [0, 0.05) is 29.8 Å². The second-order valence-corrected chi connectivity index (χ2v) is 15.0. The number of nitrogens with zero attached hydrogens (tertiary/aromatic N) is 2. The van der Waals surface area contributed by atoms with Gasteiger partial charge in [-0.1, -0.05) is 174 Å². The Morgan fingerprint density at radius 1 is 0.466 bits per heavy atom. The predicted molar refractivity (Wildman–Crippen MR) is 250 cm³/mol. The van der Waals surface area contributed by atoms with Gasteiger partial charge in [-0.2, -0.15) is 0 Å². The molecule has 0 saturated carbocycles. The normalized spacial score (nSPS) is 12.7. The minimum Gasteiger partial charge on any atom is -0.372 e. The van der Waals surface area contributed by atoms with E-state index in [0.717, 1.165) is 19.6 Å². The van der Waals surface area contributed by atoms with E-state index < -0.39 is 0 Å². The molecule has 3 atom stereocenters. The summed E-state index contributed by atoms with van der Waals surface area (Å²) in [4.78, 5) is 0. The molecule has 0 fully saturated rings. The molecular weight excluding hydrogens is 705 g/mol. The molecule has 3 nitrogen and oxygen atoms in total. The predicted octanol–water partition coefficient (Wildman–Crippen LogP) is 13.5. The molecule has 0 aliphatic carbocycles. The Morgan fingerprint density at radius 3 is 1.33 bits per heavy atom. The molecule has 3 heteroatoms. The van der Waals surface area contributed by atoms with Crippen molar-refractivity contribution in [3.63, 3.8) is 0 Å². The molecule has 0 aliphatic heterocycles. The van der Waals surface area contributed by atoms with Crippen LogP contribution in [0.3, 0.4) is 0 Å². The smallest absolute Gasteiger partial charge is 0.204 e. The molecule has 0 N–H and O–H groups in total. The molecule has 4 aromatic carbocycles. The lowest BCUT2D eigenvalue weighted by molar-refractivity contribution is -0.698. The quantitative estimate of drug-likeness (QED) is 0.0751. The molecule has 0 amide bonds. The average Bonchev–Trinajstić information content (AvgIpc) is 3.28. The monoisotopic (exact) mass is 771 g/mol. The minimum absolute atomic E-state index is 0.346. The van der Waals surface area contributed by atoms with Crippen LogP contribution in [-0.2, 0) is 18.3 Å². The van der Waals surface area contributed by atoms with Crippen LogP contribution >= 0.6 is 0 Å². The average molecular weight is 771 g/mol. The second kappa shape index (κ2) is 25.6. The van der Waals surface area contributed by atoms with Crippen LogP contribution in [-0.4, -0.2) is 12.7 Å². The lowest BCUT2D eigenvalue weighted by atomic mass is 9.97. The summed E-state index contributed by atoms with van der Waals surface area (Å²) in [5.74, 6) is 1.27. The number of aromatic nitrogens is 2. The fraction of sp³-hybridized carbons (Fsp3) is 0.273. The van der Waals surface area contributed by atoms with Gasteiger partial charge >= 0.3 is 0 Å². The van der Waals surface area contributed by atoms with E-state index in [4.69, 9.17) is 4.74 Å². The molecule has 2 aromatic heterocycles. The number of aryl methyl sites for hydroxylation is 1. The zero-order chi connectivity index (χ0) is 41.4. The lowest BCUT2D eigenvalue weighted by Crippen LogP contribution is -2.35. The van der Waals surface area contributed by atoms with Crippen molar-refractivity contribution in [2.75, 3.05) is 6.61 Å². The van der Waals surface area contributed by atoms with Gasteiger partial charge in [0.2, 0.25) is 5.69 Å². The molecule has 2 heterocycles. The molecule has 300 valence electrons. The Balaban J connectivity index is 0.000000193. The summed E-state index contributed by atoms with van der Waals surface area (Å²) in [5, 5.41) is 0. The van der Waals surface area contributed by atoms with Gasteiger partial charge in [0.1, 0.15) is 13.7 Å². The van der Waals surface area contributed by atoms with Crippen molar-refractivity contribution in [3.8, 4) is 0 Å². The van der Waals surface area contributed by atoms with E-state index in [9.17, 15) is 0 Å². The fourth-order valence-electron chi connectivity index (χ4n) is 5.98. The molecular formula is C55H66N2O+2. The summed E-state index contributed by atoms with van der Waals surface area (Å²) in [6, 6.07) is 48.7. The third kappa shape index (κ3) is 16.5. The van der Waals surface area contributed by atoms with Gasteiger partial charge in [-0.3, -0.25) is 0 Å². The highest BCUT2D eigenvalue weighted by Crippen LogP contribution is 2.20. The van der Waals surface area contributed by atoms with Crippen LogP contribution in [0.2, 0.25) is 0 Å². The first kappa shape index (κ1) is 45.1. The number of benzene rings is 4. The summed E-state index contributed by atoms with van der Waals surface area (Å²) in [6.45, 7) is 14.9. The van der Waals surface area contributed by atoms with Crippen LogP contribution in [0.4, 0.5) is 0 Å². The molecule has 0 bridgehead atoms. The van der Waals surface area contributed by atoms with Gasteiger partial charge in [0.25, 0.3) is 0 Å². The van der Waals surface area contributed by atoms with Crippen molar-refractivity contribution < 1.29 is 13.9 Å². The maximum absolute atomic E-state index is 5.70. The number of hydrogen-bond donors (Lipinski definition) is 0. The summed E-state index contributed by atoms with van der Waals surface area (Å²) < 4.78 is 10.0. The zero-order valence-electron chi connectivity index (χ0n) is 36.0. The van der Waals surface area contributed by atoms with Crippen LogP contribution in [0.5, 0.6) is 0 Å². The summed E-state index contributed by atoms with van der Waals surface area (Å²) in [5.41, 5.74) is 10.2. The SMILES string of the molecule is CCC(C)OCC[n+]1ccc(C=Cc2ccccc2)cc1.CCC(C)c1ccc(C=Cc2ccccc2)[n+](C)c1.CCC(C)c1ccc(C=Cc2ccccc2)cc1. The molecule has 6 aromatic rings. The van der Waals surface area contributed by atoms with E-state index >= 15 is 0 Å². The zero-order valence-corrected chi connectivity index (χ0v) is 36.0. The first-order chi connectivity index (χ1) is 28.3. The summed E-state index contributed by atoms with van der Waals surface area (Å²) >= 11 is 0. The largest absolute Gasteiger partial charge is 0.372 e. The van der Waals surface area contributed by atoms with E-state index in [0.29, 0.717) is 17.9 Å². The van der Waals surface area contributed by atoms with Gasteiger partial charge in [-0.15, -0.1) is 0 Å². The minimum atomic E-state index is 0.346. The van der Waals surface area contributed by atoms with Crippen LogP contribution < -0.4 is 9.13 Å². The van der Waals surface area contributed by atoms with E-state index in [-0.39, 0.29) is 0 Å². The third-order valence-corrected chi connectivity index (χ3v) is 10.5. The van der Waals surface area contributed by atoms with Gasteiger partial charge in [-0.25, -0.2) is 9.13 Å². The lowest BCUT2D eigenvalue weighted by Gasteiger charge is -2.08. The van der Waals surface area contributed by atoms with Gasteiger partial charge in [0.15, 0.2) is 25.1 Å². The highest BCUT2D eigenvalue weighted by atomic mass is 16.5. The van der Waals surface area contributed by atoms with E-state index in [1.807, 2.05) is 18.2 Å². The summed E-state index contributed by atoms with van der Waals surface area (Å²) in [6.07, 6.45) is 23.1. The molecule has 0 aliphatic rings. The fourth-order valence-corrected chi connectivity index (χ4v) is 5.98. The Kier molecular flexibility index (Phi) is 19.9. The number of pyridine rings is 2. The first-order valence-corrected chi connectivity index (χ1v) is 21.2. The van der Waals surface area contributed by atoms with Crippen molar-refractivity contribution in [1.82, 2.24) is 0 Å². The number of rotatable bonds is 15. The molecule has 6 rings (SSSR count). The standard InChI is InChI=1S/C19H24NO.C18H22N.C18H20/c1-3-17(2)21-16-15-20-13-11-19(12-14-20)10-9-18-7-5-4-6-8-18;1-4-15(2)17-11-13-18(19(3)14-17)12-10-16-8-6-5-7-9-16;1-3-15(2)18-13-11-17(12-14-18)10-9-16-7-5-4-6-8-16/h4-14,17H,3,15-16H2,1-2H3;5-15H,4H2,1-3H3;4-15H,3H2,1-2H3/q2*+1;. The topological polar surface area (TPSA) is 17.0 Å². The third-order valence-electron chi connectivity index (χ3n) is 10.5. The van der Waals surface area contributed by atoms with Crippen molar-refractivity contribution in [2.45, 2.75) is 85.3 Å². The van der Waals surface area contributed by atoms with E-state index in [1.54, 1.807) is 0 Å². The Morgan fingerprint density at radius 2 is 0.879 bits per heavy atom. The highest BCUT2D eigenvalue weighted by molar-refractivity contribution is 5.70. The van der Waals surface area contributed by atoms with Crippen molar-refractivity contribution in [3.05, 3.63) is 203 Å². The second-order valence-electron chi connectivity index (χ2n) is 15.0. The Bertz CT molecular complexity index is 2080. The van der Waals surface area contributed by atoms with Crippen molar-refractivity contribution in [1.29, 1.82) is 0 Å². The molecule has 0 spiro atoms. The summed E-state index contributed by atoms with van der Waals surface area (Å²) in [7, 11) is 2.11. The Labute approximate surface area is 350 Å². The molecule has 0 saturated heterocycles. The highest BCUT2D eigenvalue weighted by Gasteiger charge is 2.09.